The lowest BCUT2D eigenvalue weighted by Gasteiger charge is -2.38. The molecule has 1 fully saturated rings. The first kappa shape index (κ1) is 24.2. The van der Waals surface area contributed by atoms with Gasteiger partial charge in [0.25, 0.3) is 0 Å². The van der Waals surface area contributed by atoms with E-state index in [1.54, 1.807) is 41.3 Å². The van der Waals surface area contributed by atoms with E-state index in [-0.39, 0.29) is 30.9 Å². The maximum Gasteiger partial charge on any atom is 0.415 e. The maximum atomic E-state index is 13.4. The van der Waals surface area contributed by atoms with Crippen LogP contribution in [0.25, 0.3) is 0 Å². The van der Waals surface area contributed by atoms with Gasteiger partial charge >= 0.3 is 18.0 Å². The molecule has 0 radical (unpaired) electrons. The molecule has 0 aromatic heterocycles. The number of piperidine rings is 1. The molecule has 0 spiro atoms. The lowest BCUT2D eigenvalue weighted by molar-refractivity contribution is -0.155. The summed E-state index contributed by atoms with van der Waals surface area (Å²) in [4.78, 5) is 37.3. The zero-order chi connectivity index (χ0) is 23.6. The summed E-state index contributed by atoms with van der Waals surface area (Å²) in [6.45, 7) is 0.0110. The van der Waals surface area contributed by atoms with E-state index in [4.69, 9.17) is 14.2 Å². The highest BCUT2D eigenvalue weighted by atomic mass is 19.1. The maximum absolute atomic E-state index is 13.4. The Balaban J connectivity index is 1.62. The van der Waals surface area contributed by atoms with Crippen LogP contribution in [0.5, 0.6) is 5.75 Å². The van der Waals surface area contributed by atoms with Crippen molar-refractivity contribution in [2.45, 2.75) is 12.3 Å². The van der Waals surface area contributed by atoms with Gasteiger partial charge in [0.2, 0.25) is 0 Å². The number of hydrogen-bond acceptors (Lipinski definition) is 7. The Morgan fingerprint density at radius 2 is 1.70 bits per heavy atom. The molecule has 0 aliphatic carbocycles. The minimum Gasteiger partial charge on any atom is -0.467 e. The minimum absolute atomic E-state index is 0.0254. The Morgan fingerprint density at radius 3 is 2.39 bits per heavy atom. The summed E-state index contributed by atoms with van der Waals surface area (Å²) in [5, 5.41) is 0. The van der Waals surface area contributed by atoms with Crippen LogP contribution in [0.15, 0.2) is 54.6 Å². The summed E-state index contributed by atoms with van der Waals surface area (Å²) in [7, 11) is 1.22. The van der Waals surface area contributed by atoms with Gasteiger partial charge in [-0.3, -0.25) is 0 Å². The van der Waals surface area contributed by atoms with E-state index in [2.05, 4.69) is 4.74 Å². The summed E-state index contributed by atoms with van der Waals surface area (Å²) in [6.07, 6.45) is 0.104. The molecule has 1 aliphatic heterocycles. The lowest BCUT2D eigenvalue weighted by atomic mass is 9.81. The largest absolute Gasteiger partial charge is 0.467 e. The van der Waals surface area contributed by atoms with Crippen molar-refractivity contribution in [2.24, 2.45) is 5.92 Å². The van der Waals surface area contributed by atoms with Gasteiger partial charge < -0.3 is 23.8 Å². The van der Waals surface area contributed by atoms with Gasteiger partial charge in [-0.25, -0.2) is 18.8 Å². The number of rotatable bonds is 8. The van der Waals surface area contributed by atoms with E-state index in [1.165, 1.54) is 19.2 Å². The second-order valence-corrected chi connectivity index (χ2v) is 7.59. The van der Waals surface area contributed by atoms with Gasteiger partial charge in [-0.2, -0.15) is 0 Å². The van der Waals surface area contributed by atoms with E-state index in [0.717, 1.165) is 5.56 Å². The fourth-order valence-corrected chi connectivity index (χ4v) is 3.69. The minimum atomic E-state index is -0.638. The average molecular weight is 459 g/mol. The van der Waals surface area contributed by atoms with E-state index >= 15 is 0 Å². The summed E-state index contributed by atoms with van der Waals surface area (Å²) in [6, 6.07) is 14.9. The molecular weight excluding hydrogens is 433 g/mol. The number of likely N-dealkylation sites (tertiary alicyclic amines) is 1. The summed E-state index contributed by atoms with van der Waals surface area (Å²) in [5.41, 5.74) is 0.899. The zero-order valence-electron chi connectivity index (χ0n) is 18.3. The molecule has 3 rings (SSSR count). The van der Waals surface area contributed by atoms with Crippen molar-refractivity contribution >= 4 is 18.0 Å². The van der Waals surface area contributed by atoms with Gasteiger partial charge in [0.05, 0.1) is 13.7 Å². The molecule has 1 amide bonds. The van der Waals surface area contributed by atoms with Crippen molar-refractivity contribution in [1.82, 2.24) is 4.90 Å². The molecular formula is C24H26FNO7. The first-order valence-corrected chi connectivity index (χ1v) is 10.5. The zero-order valence-corrected chi connectivity index (χ0v) is 18.3. The SMILES string of the molecule is COC(=O)COCC(=O)OC[C@@H]1CN(C(=O)Oc2ccccc2)CC[C@H]1c1ccc(F)cc1. The van der Waals surface area contributed by atoms with Gasteiger partial charge in [-0.05, 0) is 42.2 Å². The van der Waals surface area contributed by atoms with Crippen LogP contribution in [0, 0.1) is 11.7 Å². The number of benzene rings is 2. The molecule has 0 bridgehead atoms. The van der Waals surface area contributed by atoms with E-state index < -0.39 is 24.6 Å². The third kappa shape index (κ3) is 7.28. The second-order valence-electron chi connectivity index (χ2n) is 7.59. The number of nitrogens with zero attached hydrogens (tertiary/aromatic N) is 1. The number of methoxy groups -OCH3 is 1. The number of carbonyl (C=O) groups is 3. The fraction of sp³-hybridized carbons (Fsp3) is 0.375. The molecule has 176 valence electrons. The quantitative estimate of drug-likeness (QED) is 0.560. The molecule has 33 heavy (non-hydrogen) atoms. The first-order valence-electron chi connectivity index (χ1n) is 10.5. The van der Waals surface area contributed by atoms with Crippen molar-refractivity contribution < 1.29 is 37.7 Å². The van der Waals surface area contributed by atoms with Crippen LogP contribution in [0.2, 0.25) is 0 Å². The predicted molar refractivity (Wildman–Crippen MR) is 115 cm³/mol. The van der Waals surface area contributed by atoms with Crippen molar-refractivity contribution in [3.8, 4) is 5.75 Å². The summed E-state index contributed by atoms with van der Waals surface area (Å²) in [5.74, 6) is -1.42. The first-order chi connectivity index (χ1) is 16.0. The molecule has 1 saturated heterocycles. The third-order valence-corrected chi connectivity index (χ3v) is 5.36. The van der Waals surface area contributed by atoms with E-state index in [1.807, 2.05) is 6.07 Å². The van der Waals surface area contributed by atoms with Gasteiger partial charge in [-0.1, -0.05) is 30.3 Å². The smallest absolute Gasteiger partial charge is 0.415 e. The highest BCUT2D eigenvalue weighted by Crippen LogP contribution is 2.34. The monoisotopic (exact) mass is 459 g/mol. The number of halogens is 1. The number of carbonyl (C=O) groups excluding carboxylic acids is 3. The standard InChI is InChI=1S/C24H26FNO7/c1-30-22(27)15-31-16-23(28)32-14-18-13-26(24(29)33-20-5-3-2-4-6-20)12-11-21(18)17-7-9-19(25)10-8-17/h2-10,18,21H,11-16H2,1H3/t18-,21-/m0/s1. The Hall–Kier alpha value is -3.46. The molecule has 0 N–H and O–H groups in total. The predicted octanol–water partition coefficient (Wildman–Crippen LogP) is 3.16. The molecule has 2 aromatic rings. The van der Waals surface area contributed by atoms with Gasteiger partial charge in [0, 0.05) is 19.0 Å². The number of ether oxygens (including phenoxy) is 4. The Kier molecular flexibility index (Phi) is 8.77. The van der Waals surface area contributed by atoms with Crippen LogP contribution < -0.4 is 4.74 Å². The van der Waals surface area contributed by atoms with Gasteiger partial charge in [0.15, 0.2) is 0 Å². The number of esters is 2. The number of hydrogen-bond donors (Lipinski definition) is 0. The molecule has 1 aliphatic rings. The third-order valence-electron chi connectivity index (χ3n) is 5.36. The highest BCUT2D eigenvalue weighted by molar-refractivity contribution is 5.73. The van der Waals surface area contributed by atoms with Crippen LogP contribution in [0.3, 0.4) is 0 Å². The Labute approximate surface area is 191 Å². The molecule has 0 saturated carbocycles. The highest BCUT2D eigenvalue weighted by Gasteiger charge is 2.34. The molecule has 2 atom stereocenters. The molecule has 0 unspecified atom stereocenters. The van der Waals surface area contributed by atoms with Crippen LogP contribution >= 0.6 is 0 Å². The topological polar surface area (TPSA) is 91.4 Å². The van der Waals surface area contributed by atoms with Gasteiger partial charge in [-0.15, -0.1) is 0 Å². The summed E-state index contributed by atoms with van der Waals surface area (Å²) < 4.78 is 33.6. The molecule has 9 heteroatoms. The fourth-order valence-electron chi connectivity index (χ4n) is 3.69. The van der Waals surface area contributed by atoms with Gasteiger partial charge in [0.1, 0.15) is 24.8 Å². The number of amides is 1. The van der Waals surface area contributed by atoms with Crippen LogP contribution in [-0.2, 0) is 23.8 Å². The normalized spacial score (nSPS) is 17.8. The van der Waals surface area contributed by atoms with Crippen molar-refractivity contribution in [3.05, 3.63) is 66.0 Å². The van der Waals surface area contributed by atoms with Crippen LogP contribution in [-0.4, -0.2) is 63.0 Å². The van der Waals surface area contributed by atoms with Crippen molar-refractivity contribution in [3.63, 3.8) is 0 Å². The Morgan fingerprint density at radius 1 is 1.00 bits per heavy atom. The molecule has 8 nitrogen and oxygen atoms in total. The van der Waals surface area contributed by atoms with E-state index in [0.29, 0.717) is 25.3 Å². The lowest BCUT2D eigenvalue weighted by Crippen LogP contribution is -2.46. The Bertz CT molecular complexity index is 936. The van der Waals surface area contributed by atoms with Crippen LogP contribution in [0.4, 0.5) is 9.18 Å². The average Bonchev–Trinajstić information content (AvgIpc) is 2.83. The molecule has 2 aromatic carbocycles. The van der Waals surface area contributed by atoms with Crippen LogP contribution in [0.1, 0.15) is 17.9 Å². The molecule has 1 heterocycles. The van der Waals surface area contributed by atoms with Crippen molar-refractivity contribution in [2.75, 3.05) is 40.0 Å². The second kappa shape index (κ2) is 12.0. The van der Waals surface area contributed by atoms with E-state index in [9.17, 15) is 18.8 Å². The van der Waals surface area contributed by atoms with Crippen molar-refractivity contribution in [1.29, 1.82) is 0 Å². The summed E-state index contributed by atoms with van der Waals surface area (Å²) >= 11 is 0. The number of para-hydroxylation sites is 1.